The summed E-state index contributed by atoms with van der Waals surface area (Å²) >= 11 is 1.44. The fourth-order valence-electron chi connectivity index (χ4n) is 3.59. The molecule has 2 heterocycles. The molecule has 1 aliphatic carbocycles. The summed E-state index contributed by atoms with van der Waals surface area (Å²) in [6.07, 6.45) is 3.36. The molecule has 0 spiro atoms. The minimum atomic E-state index is -0.270. The molecule has 1 unspecified atom stereocenters. The molecule has 9 heteroatoms. The van der Waals surface area contributed by atoms with E-state index in [0.29, 0.717) is 42.0 Å². The van der Waals surface area contributed by atoms with Crippen molar-refractivity contribution in [2.24, 2.45) is 0 Å². The maximum absolute atomic E-state index is 12.7. The number of nitrogens with one attached hydrogen (secondary N) is 2. The van der Waals surface area contributed by atoms with Crippen LogP contribution < -0.4 is 20.1 Å². The number of carbonyl (C=O) groups excluding carboxylic acids is 2. The van der Waals surface area contributed by atoms with Gasteiger partial charge in [0.15, 0.2) is 16.6 Å². The van der Waals surface area contributed by atoms with Crippen LogP contribution in [0.25, 0.3) is 0 Å². The van der Waals surface area contributed by atoms with Gasteiger partial charge in [-0.15, -0.1) is 11.3 Å². The summed E-state index contributed by atoms with van der Waals surface area (Å²) in [7, 11) is 0. The van der Waals surface area contributed by atoms with Crippen LogP contribution in [0.1, 0.15) is 53.0 Å². The first-order valence-electron chi connectivity index (χ1n) is 10.2. The lowest BCUT2D eigenvalue weighted by Crippen LogP contribution is -2.32. The van der Waals surface area contributed by atoms with E-state index in [4.69, 9.17) is 14.2 Å². The second kappa shape index (κ2) is 9.44. The number of anilines is 1. The molecular weight excluding hydrogens is 406 g/mol. The van der Waals surface area contributed by atoms with Gasteiger partial charge in [-0.2, -0.15) is 0 Å². The fraction of sp³-hybridized carbons (Fsp3) is 0.476. The van der Waals surface area contributed by atoms with Crippen LogP contribution in [0.15, 0.2) is 18.2 Å². The van der Waals surface area contributed by atoms with Gasteiger partial charge in [-0.1, -0.05) is 0 Å². The van der Waals surface area contributed by atoms with E-state index in [0.717, 1.165) is 36.3 Å². The maximum atomic E-state index is 12.7. The summed E-state index contributed by atoms with van der Waals surface area (Å²) in [6, 6.07) is 5.06. The van der Waals surface area contributed by atoms with Crippen LogP contribution in [0.2, 0.25) is 0 Å². The highest BCUT2D eigenvalue weighted by atomic mass is 32.1. The van der Waals surface area contributed by atoms with E-state index >= 15 is 0 Å². The van der Waals surface area contributed by atoms with Crippen molar-refractivity contribution in [2.75, 3.05) is 31.9 Å². The molecule has 1 aromatic carbocycles. The Balaban J connectivity index is 1.40. The van der Waals surface area contributed by atoms with Gasteiger partial charge in [-0.05, 0) is 50.8 Å². The van der Waals surface area contributed by atoms with Crippen molar-refractivity contribution in [1.82, 2.24) is 10.3 Å². The summed E-state index contributed by atoms with van der Waals surface area (Å²) < 4.78 is 15.9. The van der Waals surface area contributed by atoms with Crippen LogP contribution in [0.4, 0.5) is 5.13 Å². The van der Waals surface area contributed by atoms with Gasteiger partial charge in [0.05, 0.1) is 11.6 Å². The Morgan fingerprint density at radius 1 is 1.30 bits per heavy atom. The number of hydrogen-bond donors (Lipinski definition) is 2. The average molecular weight is 432 g/mol. The Bertz CT molecular complexity index is 929. The molecule has 2 aliphatic rings. The largest absolute Gasteiger partial charge is 0.454 e. The molecule has 8 nitrogen and oxygen atoms in total. The van der Waals surface area contributed by atoms with Gasteiger partial charge >= 0.3 is 0 Å². The van der Waals surface area contributed by atoms with Crippen molar-refractivity contribution in [3.05, 3.63) is 34.3 Å². The molecule has 2 amide bonds. The molecule has 1 atom stereocenters. The average Bonchev–Trinajstić information content (AvgIpc) is 3.38. The number of benzene rings is 1. The SMILES string of the molecule is CCOCCCNC(=O)C1CCCc2sc(NC(=O)c3ccc4c(c3)OCO4)nc21. The molecule has 0 radical (unpaired) electrons. The van der Waals surface area contributed by atoms with Crippen molar-refractivity contribution in [3.8, 4) is 11.5 Å². The van der Waals surface area contributed by atoms with E-state index in [1.165, 1.54) is 11.3 Å². The van der Waals surface area contributed by atoms with Crippen molar-refractivity contribution in [3.63, 3.8) is 0 Å². The van der Waals surface area contributed by atoms with Crippen LogP contribution >= 0.6 is 11.3 Å². The number of thiazole rings is 1. The Labute approximate surface area is 178 Å². The summed E-state index contributed by atoms with van der Waals surface area (Å²) in [4.78, 5) is 31.0. The first kappa shape index (κ1) is 20.6. The van der Waals surface area contributed by atoms with Crippen molar-refractivity contribution in [1.29, 1.82) is 0 Å². The molecule has 0 saturated heterocycles. The molecule has 30 heavy (non-hydrogen) atoms. The van der Waals surface area contributed by atoms with Gasteiger partial charge in [0.1, 0.15) is 0 Å². The smallest absolute Gasteiger partial charge is 0.257 e. The summed E-state index contributed by atoms with van der Waals surface area (Å²) in [5.41, 5.74) is 1.26. The number of ether oxygens (including phenoxy) is 3. The monoisotopic (exact) mass is 431 g/mol. The van der Waals surface area contributed by atoms with Gasteiger partial charge in [-0.25, -0.2) is 4.98 Å². The Morgan fingerprint density at radius 3 is 3.03 bits per heavy atom. The first-order chi connectivity index (χ1) is 14.7. The molecule has 4 rings (SSSR count). The van der Waals surface area contributed by atoms with Gasteiger partial charge in [0.25, 0.3) is 5.91 Å². The highest BCUT2D eigenvalue weighted by molar-refractivity contribution is 7.16. The van der Waals surface area contributed by atoms with Gasteiger partial charge in [-0.3, -0.25) is 14.9 Å². The van der Waals surface area contributed by atoms with Crippen LogP contribution in [0, 0.1) is 0 Å². The number of fused-ring (bicyclic) bond motifs is 2. The van der Waals surface area contributed by atoms with E-state index in [1.807, 2.05) is 6.92 Å². The zero-order chi connectivity index (χ0) is 20.9. The number of aromatic nitrogens is 1. The molecule has 2 aromatic rings. The predicted molar refractivity (Wildman–Crippen MR) is 112 cm³/mol. The van der Waals surface area contributed by atoms with Crippen molar-refractivity contribution >= 4 is 28.3 Å². The third-order valence-electron chi connectivity index (χ3n) is 5.09. The van der Waals surface area contributed by atoms with Crippen LogP contribution in [-0.2, 0) is 16.0 Å². The van der Waals surface area contributed by atoms with Crippen LogP contribution in [0.3, 0.4) is 0 Å². The Hall–Kier alpha value is -2.65. The van der Waals surface area contributed by atoms with Gasteiger partial charge < -0.3 is 19.5 Å². The number of carbonyl (C=O) groups is 2. The van der Waals surface area contributed by atoms with E-state index in [1.54, 1.807) is 18.2 Å². The van der Waals surface area contributed by atoms with E-state index in [-0.39, 0.29) is 24.5 Å². The van der Waals surface area contributed by atoms with Crippen molar-refractivity contribution in [2.45, 2.75) is 38.5 Å². The lowest BCUT2D eigenvalue weighted by atomic mass is 9.90. The minimum Gasteiger partial charge on any atom is -0.454 e. The Kier molecular flexibility index (Phi) is 6.49. The molecule has 0 fully saturated rings. The summed E-state index contributed by atoms with van der Waals surface area (Å²) in [5.74, 6) is 0.643. The lowest BCUT2D eigenvalue weighted by Gasteiger charge is -2.20. The third kappa shape index (κ3) is 4.57. The number of rotatable bonds is 8. The molecular formula is C21H25N3O5S. The van der Waals surface area contributed by atoms with Crippen molar-refractivity contribution < 1.29 is 23.8 Å². The highest BCUT2D eigenvalue weighted by Crippen LogP contribution is 2.37. The van der Waals surface area contributed by atoms with Crippen LogP contribution in [-0.4, -0.2) is 43.3 Å². The molecule has 160 valence electrons. The normalized spacial score (nSPS) is 16.8. The van der Waals surface area contributed by atoms with E-state index in [2.05, 4.69) is 15.6 Å². The minimum absolute atomic E-state index is 0.00797. The topological polar surface area (TPSA) is 98.8 Å². The van der Waals surface area contributed by atoms with Gasteiger partial charge in [0.2, 0.25) is 12.7 Å². The van der Waals surface area contributed by atoms with Gasteiger partial charge in [0, 0.05) is 30.2 Å². The standard InChI is InChI=1S/C21H25N3O5S/c1-2-27-10-4-9-22-20(26)14-5-3-6-17-18(14)23-21(30-17)24-19(25)13-7-8-15-16(11-13)29-12-28-15/h7-8,11,14H,2-6,9-10,12H2,1H3,(H,22,26)(H,23,24,25). The summed E-state index contributed by atoms with van der Waals surface area (Å²) in [6.45, 7) is 4.02. The quantitative estimate of drug-likeness (QED) is 0.623. The second-order valence-corrected chi connectivity index (χ2v) is 8.22. The molecule has 0 saturated carbocycles. The maximum Gasteiger partial charge on any atom is 0.257 e. The molecule has 1 aromatic heterocycles. The lowest BCUT2D eigenvalue weighted by molar-refractivity contribution is -0.123. The number of aryl methyl sites for hydroxylation is 1. The van der Waals surface area contributed by atoms with E-state index < -0.39 is 0 Å². The van der Waals surface area contributed by atoms with Crippen LogP contribution in [0.5, 0.6) is 11.5 Å². The fourth-order valence-corrected chi connectivity index (χ4v) is 4.65. The molecule has 0 bridgehead atoms. The highest BCUT2D eigenvalue weighted by Gasteiger charge is 2.30. The Morgan fingerprint density at radius 2 is 2.17 bits per heavy atom. The number of hydrogen-bond acceptors (Lipinski definition) is 7. The zero-order valence-corrected chi connectivity index (χ0v) is 17.7. The predicted octanol–water partition coefficient (Wildman–Crippen LogP) is 3.09. The second-order valence-electron chi connectivity index (χ2n) is 7.14. The number of amides is 2. The molecule has 1 aliphatic heterocycles. The molecule has 2 N–H and O–H groups in total. The van der Waals surface area contributed by atoms with E-state index in [9.17, 15) is 9.59 Å². The third-order valence-corrected chi connectivity index (χ3v) is 6.14. The summed E-state index contributed by atoms with van der Waals surface area (Å²) in [5, 5.41) is 6.35. The first-order valence-corrected chi connectivity index (χ1v) is 11.0. The number of nitrogens with zero attached hydrogens (tertiary/aromatic N) is 1. The zero-order valence-electron chi connectivity index (χ0n) is 16.9.